The number of hydrogen-bond acceptors (Lipinski definition) is 6. The van der Waals surface area contributed by atoms with E-state index in [0.717, 1.165) is 5.56 Å². The summed E-state index contributed by atoms with van der Waals surface area (Å²) in [5.74, 6) is 1.07. The van der Waals surface area contributed by atoms with Crippen LogP contribution in [0.4, 0.5) is 0 Å². The fourth-order valence-electron chi connectivity index (χ4n) is 3.28. The Morgan fingerprint density at radius 1 is 0.935 bits per heavy atom. The maximum atomic E-state index is 13.4. The number of carbonyl (C=O) groups is 1. The number of carbonyl (C=O) groups excluding carboxylic acids is 1. The SMILES string of the molecule is COc1ccc(-c2ccc([C@@H](CC(=O)c3ccco3)S(=O)(=O)c3ccccc3)o2)cc1. The molecule has 0 aliphatic rings. The van der Waals surface area contributed by atoms with Crippen molar-refractivity contribution in [1.29, 1.82) is 0 Å². The van der Waals surface area contributed by atoms with Gasteiger partial charge in [0.15, 0.2) is 21.4 Å². The van der Waals surface area contributed by atoms with Gasteiger partial charge < -0.3 is 13.6 Å². The Morgan fingerprint density at radius 3 is 2.32 bits per heavy atom. The van der Waals surface area contributed by atoms with Gasteiger partial charge in [-0.25, -0.2) is 8.42 Å². The van der Waals surface area contributed by atoms with Crippen molar-refractivity contribution < 1.29 is 26.8 Å². The highest BCUT2D eigenvalue weighted by Gasteiger charge is 2.34. The Kier molecular flexibility index (Phi) is 5.77. The van der Waals surface area contributed by atoms with Gasteiger partial charge in [0.1, 0.15) is 22.5 Å². The molecule has 0 bridgehead atoms. The predicted octanol–water partition coefficient (Wildman–Crippen LogP) is 5.34. The Labute approximate surface area is 180 Å². The van der Waals surface area contributed by atoms with Gasteiger partial charge in [0.25, 0.3) is 0 Å². The van der Waals surface area contributed by atoms with Crippen molar-refractivity contribution >= 4 is 15.6 Å². The Balaban J connectivity index is 1.72. The first-order chi connectivity index (χ1) is 15.0. The number of ketones is 1. The van der Waals surface area contributed by atoms with Gasteiger partial charge >= 0.3 is 0 Å². The zero-order valence-electron chi connectivity index (χ0n) is 16.7. The van der Waals surface area contributed by atoms with Crippen molar-refractivity contribution in [3.8, 4) is 17.1 Å². The van der Waals surface area contributed by atoms with Crippen molar-refractivity contribution in [2.75, 3.05) is 7.11 Å². The fraction of sp³-hybridized carbons (Fsp3) is 0.125. The Hall–Kier alpha value is -3.58. The van der Waals surface area contributed by atoms with E-state index in [-0.39, 0.29) is 22.8 Å². The maximum Gasteiger partial charge on any atom is 0.199 e. The molecule has 0 radical (unpaired) electrons. The Morgan fingerprint density at radius 2 is 1.68 bits per heavy atom. The van der Waals surface area contributed by atoms with Gasteiger partial charge in [0, 0.05) is 12.0 Å². The van der Waals surface area contributed by atoms with Gasteiger partial charge in [-0.05, 0) is 60.7 Å². The second kappa shape index (κ2) is 8.65. The molecule has 4 rings (SSSR count). The highest BCUT2D eigenvalue weighted by molar-refractivity contribution is 7.91. The average molecular weight is 436 g/mol. The molecule has 0 amide bonds. The van der Waals surface area contributed by atoms with E-state index in [0.29, 0.717) is 11.5 Å². The zero-order valence-corrected chi connectivity index (χ0v) is 17.5. The molecule has 0 saturated heterocycles. The lowest BCUT2D eigenvalue weighted by atomic mass is 10.1. The lowest BCUT2D eigenvalue weighted by molar-refractivity contribution is 0.0951. The number of benzene rings is 2. The number of furan rings is 2. The lowest BCUT2D eigenvalue weighted by Crippen LogP contribution is -2.17. The van der Waals surface area contributed by atoms with Gasteiger partial charge in [-0.15, -0.1) is 0 Å². The van der Waals surface area contributed by atoms with E-state index in [1.807, 2.05) is 12.1 Å². The molecule has 158 valence electrons. The Bertz CT molecular complexity index is 1250. The van der Waals surface area contributed by atoms with Crippen LogP contribution in [-0.4, -0.2) is 21.3 Å². The average Bonchev–Trinajstić information content (AvgIpc) is 3.50. The van der Waals surface area contributed by atoms with Crippen molar-refractivity contribution in [2.45, 2.75) is 16.6 Å². The first-order valence-electron chi connectivity index (χ1n) is 9.59. The lowest BCUT2D eigenvalue weighted by Gasteiger charge is -2.15. The summed E-state index contributed by atoms with van der Waals surface area (Å²) < 4.78 is 43.1. The molecule has 6 nitrogen and oxygen atoms in total. The second-order valence-corrected chi connectivity index (χ2v) is 9.01. The normalized spacial score (nSPS) is 12.4. The van der Waals surface area contributed by atoms with E-state index < -0.39 is 20.9 Å². The van der Waals surface area contributed by atoms with Gasteiger partial charge in [0.2, 0.25) is 0 Å². The van der Waals surface area contributed by atoms with Gasteiger partial charge in [-0.1, -0.05) is 18.2 Å². The summed E-state index contributed by atoms with van der Waals surface area (Å²) in [6.45, 7) is 0. The molecule has 2 aromatic heterocycles. The molecule has 0 saturated carbocycles. The highest BCUT2D eigenvalue weighted by atomic mass is 32.2. The first-order valence-corrected chi connectivity index (χ1v) is 11.1. The molecule has 1 atom stereocenters. The van der Waals surface area contributed by atoms with E-state index in [2.05, 4.69) is 0 Å². The summed E-state index contributed by atoms with van der Waals surface area (Å²) in [6.07, 6.45) is 1.07. The number of Topliss-reactive ketones (excluding diaryl/α,β-unsaturated/α-hetero) is 1. The molecule has 0 spiro atoms. The largest absolute Gasteiger partial charge is 0.497 e. The highest BCUT2D eigenvalue weighted by Crippen LogP contribution is 2.36. The number of methoxy groups -OCH3 is 1. The predicted molar refractivity (Wildman–Crippen MR) is 115 cm³/mol. The van der Waals surface area contributed by atoms with Crippen LogP contribution in [0.1, 0.15) is 28.0 Å². The molecule has 2 aromatic carbocycles. The van der Waals surface area contributed by atoms with E-state index >= 15 is 0 Å². The number of ether oxygens (including phenoxy) is 1. The third-order valence-corrected chi connectivity index (χ3v) is 7.01. The van der Waals surface area contributed by atoms with Crippen molar-refractivity contribution in [3.63, 3.8) is 0 Å². The molecule has 7 heteroatoms. The van der Waals surface area contributed by atoms with E-state index in [1.165, 1.54) is 24.5 Å². The second-order valence-electron chi connectivity index (χ2n) is 6.88. The third-order valence-electron chi connectivity index (χ3n) is 4.93. The molecule has 2 heterocycles. The monoisotopic (exact) mass is 436 g/mol. The summed E-state index contributed by atoms with van der Waals surface area (Å²) in [4.78, 5) is 12.8. The summed E-state index contributed by atoms with van der Waals surface area (Å²) in [5.41, 5.74) is 0.764. The molecular weight excluding hydrogens is 416 g/mol. The topological polar surface area (TPSA) is 86.7 Å². The minimum absolute atomic E-state index is 0.107. The number of rotatable bonds is 8. The van der Waals surface area contributed by atoms with Gasteiger partial charge in [-0.3, -0.25) is 4.79 Å². The maximum absolute atomic E-state index is 13.4. The van der Waals surface area contributed by atoms with Crippen LogP contribution in [0.3, 0.4) is 0 Å². The molecule has 0 aliphatic heterocycles. The minimum Gasteiger partial charge on any atom is -0.497 e. The molecule has 0 N–H and O–H groups in total. The fourth-order valence-corrected chi connectivity index (χ4v) is 4.95. The first kappa shape index (κ1) is 20.7. The quantitative estimate of drug-likeness (QED) is 0.347. The van der Waals surface area contributed by atoms with Crippen LogP contribution in [0, 0.1) is 0 Å². The number of hydrogen-bond donors (Lipinski definition) is 0. The van der Waals surface area contributed by atoms with E-state index in [9.17, 15) is 13.2 Å². The molecule has 0 unspecified atom stereocenters. The minimum atomic E-state index is -3.90. The van der Waals surface area contributed by atoms with Crippen LogP contribution in [0.5, 0.6) is 5.75 Å². The summed E-state index contributed by atoms with van der Waals surface area (Å²) in [5, 5.41) is -1.19. The van der Waals surface area contributed by atoms with E-state index in [1.54, 1.807) is 55.6 Å². The van der Waals surface area contributed by atoms with E-state index in [4.69, 9.17) is 13.6 Å². The third kappa shape index (κ3) is 4.32. The van der Waals surface area contributed by atoms with Crippen LogP contribution in [0.25, 0.3) is 11.3 Å². The summed E-state index contributed by atoms with van der Waals surface area (Å²) in [7, 11) is -2.32. The van der Waals surface area contributed by atoms with Crippen LogP contribution < -0.4 is 4.74 Å². The molecule has 31 heavy (non-hydrogen) atoms. The molecule has 0 fully saturated rings. The molecular formula is C24H20O6S. The van der Waals surface area contributed by atoms with Crippen molar-refractivity contribution in [2.24, 2.45) is 0 Å². The summed E-state index contributed by atoms with van der Waals surface area (Å²) >= 11 is 0. The number of sulfone groups is 1. The smallest absolute Gasteiger partial charge is 0.199 e. The van der Waals surface area contributed by atoms with Crippen molar-refractivity contribution in [1.82, 2.24) is 0 Å². The van der Waals surface area contributed by atoms with Crippen LogP contribution in [0.2, 0.25) is 0 Å². The van der Waals surface area contributed by atoms with Crippen LogP contribution in [0.15, 0.2) is 98.9 Å². The van der Waals surface area contributed by atoms with Gasteiger partial charge in [0.05, 0.1) is 18.3 Å². The van der Waals surface area contributed by atoms with Crippen LogP contribution in [-0.2, 0) is 9.84 Å². The van der Waals surface area contributed by atoms with Crippen LogP contribution >= 0.6 is 0 Å². The summed E-state index contributed by atoms with van der Waals surface area (Å²) in [6, 6.07) is 21.6. The standard InChI is InChI=1S/C24H20O6S/c1-28-18-11-9-17(10-12-18)21-13-14-23(30-21)24(16-20(25)22-8-5-15-29-22)31(26,27)19-6-3-2-4-7-19/h2-15,24H,16H2,1H3/t24-/m1/s1. The molecule has 4 aromatic rings. The molecule has 0 aliphatic carbocycles. The van der Waals surface area contributed by atoms with Gasteiger partial charge in [-0.2, -0.15) is 0 Å². The zero-order chi connectivity index (χ0) is 21.8. The van der Waals surface area contributed by atoms with Crippen molar-refractivity contribution in [3.05, 3.63) is 96.6 Å².